The first-order chi connectivity index (χ1) is 8.52. The van der Waals surface area contributed by atoms with E-state index in [1.54, 1.807) is 24.3 Å². The molecule has 2 rings (SSSR count). The summed E-state index contributed by atoms with van der Waals surface area (Å²) in [6.07, 6.45) is 0. The number of carbonyl (C=O) groups excluding carboxylic acids is 1. The third kappa shape index (κ3) is 2.57. The minimum Gasteiger partial charge on any atom is -0.453 e. The molecule has 0 N–H and O–H groups in total. The van der Waals surface area contributed by atoms with Crippen molar-refractivity contribution in [2.45, 2.75) is 0 Å². The van der Waals surface area contributed by atoms with Crippen LogP contribution in [0.25, 0.3) is 11.0 Å². The van der Waals surface area contributed by atoms with Crippen LogP contribution in [0, 0.1) is 11.3 Å². The fourth-order valence-electron chi connectivity index (χ4n) is 1.54. The topological polar surface area (TPSA) is 88.1 Å². The number of sulfone groups is 1. The molecule has 2 aromatic rings. The number of fused-ring (bicyclic) bond motifs is 1. The molecule has 0 radical (unpaired) electrons. The Morgan fingerprint density at radius 2 is 2.06 bits per heavy atom. The number of para-hydroxylation sites is 1. The Morgan fingerprint density at radius 3 is 2.72 bits per heavy atom. The lowest BCUT2D eigenvalue weighted by atomic mass is 10.2. The lowest BCUT2D eigenvalue weighted by Gasteiger charge is -1.96. The summed E-state index contributed by atoms with van der Waals surface area (Å²) in [5.41, 5.74) is 0.526. The molecule has 0 aliphatic heterocycles. The van der Waals surface area contributed by atoms with E-state index in [1.165, 1.54) is 12.1 Å². The van der Waals surface area contributed by atoms with Crippen LogP contribution < -0.4 is 0 Å². The van der Waals surface area contributed by atoms with E-state index in [2.05, 4.69) is 0 Å². The molecule has 0 unspecified atom stereocenters. The number of benzene rings is 1. The zero-order chi connectivity index (χ0) is 13.2. The van der Waals surface area contributed by atoms with Crippen LogP contribution in [0.4, 0.5) is 0 Å². The van der Waals surface area contributed by atoms with Crippen LogP contribution in [-0.4, -0.2) is 25.7 Å². The molecule has 1 heterocycles. The van der Waals surface area contributed by atoms with E-state index in [-0.39, 0.29) is 5.76 Å². The van der Waals surface area contributed by atoms with Crippen molar-refractivity contribution in [2.75, 3.05) is 11.5 Å². The van der Waals surface area contributed by atoms with E-state index in [0.717, 1.165) is 5.39 Å². The zero-order valence-corrected chi connectivity index (χ0v) is 10.1. The molecule has 92 valence electrons. The number of furan rings is 1. The highest BCUT2D eigenvalue weighted by Gasteiger charge is 2.20. The second-order valence-electron chi connectivity index (χ2n) is 3.76. The molecule has 0 saturated carbocycles. The second-order valence-corrected chi connectivity index (χ2v) is 5.83. The molecule has 6 heteroatoms. The molecule has 0 atom stereocenters. The van der Waals surface area contributed by atoms with Gasteiger partial charge in [-0.15, -0.1) is 0 Å². The Morgan fingerprint density at radius 1 is 1.33 bits per heavy atom. The lowest BCUT2D eigenvalue weighted by molar-refractivity contribution is 0.0992. The first-order valence-electron chi connectivity index (χ1n) is 5.11. The number of hydrogen-bond donors (Lipinski definition) is 0. The van der Waals surface area contributed by atoms with Gasteiger partial charge >= 0.3 is 0 Å². The molecule has 0 aliphatic carbocycles. The Bertz CT molecular complexity index is 704. The van der Waals surface area contributed by atoms with Crippen molar-refractivity contribution in [1.29, 1.82) is 5.26 Å². The number of rotatable bonds is 4. The van der Waals surface area contributed by atoms with Gasteiger partial charge in [-0.1, -0.05) is 18.2 Å². The summed E-state index contributed by atoms with van der Waals surface area (Å²) in [7, 11) is -3.69. The van der Waals surface area contributed by atoms with E-state index < -0.39 is 27.1 Å². The van der Waals surface area contributed by atoms with Crippen LogP contribution in [0.2, 0.25) is 0 Å². The minimum absolute atomic E-state index is 0.00212. The third-order valence-corrected chi connectivity index (χ3v) is 3.61. The minimum atomic E-state index is -3.69. The van der Waals surface area contributed by atoms with Crippen molar-refractivity contribution in [3.63, 3.8) is 0 Å². The van der Waals surface area contributed by atoms with E-state index in [1.807, 2.05) is 0 Å². The number of carbonyl (C=O) groups is 1. The van der Waals surface area contributed by atoms with Crippen LogP contribution in [-0.2, 0) is 9.84 Å². The average Bonchev–Trinajstić information content (AvgIpc) is 2.71. The van der Waals surface area contributed by atoms with Gasteiger partial charge in [-0.3, -0.25) is 4.79 Å². The molecule has 0 saturated heterocycles. The molecular formula is C12H9NO4S. The van der Waals surface area contributed by atoms with E-state index >= 15 is 0 Å². The monoisotopic (exact) mass is 263 g/mol. The van der Waals surface area contributed by atoms with E-state index in [4.69, 9.17) is 9.68 Å². The van der Waals surface area contributed by atoms with Crippen molar-refractivity contribution < 1.29 is 17.6 Å². The van der Waals surface area contributed by atoms with Crippen LogP contribution >= 0.6 is 0 Å². The van der Waals surface area contributed by atoms with Crippen molar-refractivity contribution in [1.82, 2.24) is 0 Å². The smallest absolute Gasteiger partial charge is 0.213 e. The van der Waals surface area contributed by atoms with Gasteiger partial charge in [-0.2, -0.15) is 5.26 Å². The second kappa shape index (κ2) is 4.63. The molecule has 0 spiro atoms. The summed E-state index contributed by atoms with van der Waals surface area (Å²) >= 11 is 0. The molecule has 0 fully saturated rings. The number of nitrogens with zero attached hydrogens (tertiary/aromatic N) is 1. The van der Waals surface area contributed by atoms with Gasteiger partial charge in [0.15, 0.2) is 15.6 Å². The van der Waals surface area contributed by atoms with Crippen molar-refractivity contribution in [3.8, 4) is 6.07 Å². The Balaban J connectivity index is 2.27. The number of ketones is 1. The van der Waals surface area contributed by atoms with Crippen molar-refractivity contribution in [3.05, 3.63) is 36.1 Å². The fraction of sp³-hybridized carbons (Fsp3) is 0.167. The molecule has 0 amide bonds. The average molecular weight is 263 g/mol. The maximum absolute atomic E-state index is 11.7. The quantitative estimate of drug-likeness (QED) is 0.781. The van der Waals surface area contributed by atoms with Gasteiger partial charge < -0.3 is 4.42 Å². The van der Waals surface area contributed by atoms with Gasteiger partial charge in [-0.05, 0) is 12.1 Å². The van der Waals surface area contributed by atoms with Crippen LogP contribution in [0.3, 0.4) is 0 Å². The molecular weight excluding hydrogens is 254 g/mol. The van der Waals surface area contributed by atoms with Gasteiger partial charge in [0, 0.05) is 5.39 Å². The summed E-state index contributed by atoms with van der Waals surface area (Å²) in [6.45, 7) is 0. The van der Waals surface area contributed by atoms with Gasteiger partial charge in [0.1, 0.15) is 17.1 Å². The van der Waals surface area contributed by atoms with Crippen LogP contribution in [0.1, 0.15) is 10.6 Å². The van der Waals surface area contributed by atoms with Gasteiger partial charge in [0.2, 0.25) is 5.78 Å². The third-order valence-electron chi connectivity index (χ3n) is 2.34. The fourth-order valence-corrected chi connectivity index (χ4v) is 2.38. The van der Waals surface area contributed by atoms with E-state index in [9.17, 15) is 13.2 Å². The first kappa shape index (κ1) is 12.3. The first-order valence-corrected chi connectivity index (χ1v) is 6.93. The summed E-state index contributed by atoms with van der Waals surface area (Å²) < 4.78 is 27.9. The Kier molecular flexibility index (Phi) is 3.17. The molecule has 5 nitrogen and oxygen atoms in total. The summed E-state index contributed by atoms with van der Waals surface area (Å²) in [5, 5.41) is 9.07. The lowest BCUT2D eigenvalue weighted by Crippen LogP contribution is -2.17. The van der Waals surface area contributed by atoms with Crippen LogP contribution in [0.5, 0.6) is 0 Å². The Hall–Kier alpha value is -2.13. The molecule has 1 aromatic carbocycles. The molecule has 0 aliphatic rings. The standard InChI is InChI=1S/C12H9NO4S/c13-5-6-18(15,16)8-10(14)12-7-9-3-1-2-4-11(9)17-12/h1-4,7H,6,8H2. The largest absolute Gasteiger partial charge is 0.453 e. The van der Waals surface area contributed by atoms with Gasteiger partial charge in [0.25, 0.3) is 0 Å². The predicted molar refractivity (Wildman–Crippen MR) is 64.8 cm³/mol. The summed E-state index contributed by atoms with van der Waals surface area (Å²) in [6, 6.07) is 10.0. The highest BCUT2D eigenvalue weighted by atomic mass is 32.2. The van der Waals surface area contributed by atoms with Crippen molar-refractivity contribution in [2.24, 2.45) is 0 Å². The SMILES string of the molecule is N#CCS(=O)(=O)CC(=O)c1cc2ccccc2o1. The number of nitriles is 1. The normalized spacial score (nSPS) is 11.3. The summed E-state index contributed by atoms with van der Waals surface area (Å²) in [5.74, 6) is -2.02. The van der Waals surface area contributed by atoms with Crippen molar-refractivity contribution >= 4 is 26.6 Å². The van der Waals surface area contributed by atoms with E-state index in [0.29, 0.717) is 5.58 Å². The summed E-state index contributed by atoms with van der Waals surface area (Å²) in [4.78, 5) is 11.7. The van der Waals surface area contributed by atoms with Gasteiger partial charge in [0.05, 0.1) is 6.07 Å². The Labute approximate surface area is 104 Å². The molecule has 18 heavy (non-hydrogen) atoms. The van der Waals surface area contributed by atoms with Crippen LogP contribution in [0.15, 0.2) is 34.7 Å². The maximum Gasteiger partial charge on any atom is 0.213 e. The van der Waals surface area contributed by atoms with Gasteiger partial charge in [-0.25, -0.2) is 8.42 Å². The highest BCUT2D eigenvalue weighted by molar-refractivity contribution is 7.92. The highest BCUT2D eigenvalue weighted by Crippen LogP contribution is 2.19. The molecule has 1 aromatic heterocycles. The predicted octanol–water partition coefficient (Wildman–Crippen LogP) is 1.55. The maximum atomic E-state index is 11.7. The number of hydrogen-bond acceptors (Lipinski definition) is 5. The number of Topliss-reactive ketones (excluding diaryl/α,β-unsaturated/α-hetero) is 1. The molecule has 0 bridgehead atoms. The zero-order valence-electron chi connectivity index (χ0n) is 9.29.